The number of nitrogens with zero attached hydrogens (tertiary/aromatic N) is 3. The van der Waals surface area contributed by atoms with Gasteiger partial charge in [-0.25, -0.2) is 14.4 Å². The molecule has 25 heavy (non-hydrogen) atoms. The zero-order chi connectivity index (χ0) is 17.6. The van der Waals surface area contributed by atoms with E-state index < -0.39 is 0 Å². The quantitative estimate of drug-likeness (QED) is 0.927. The third-order valence-corrected chi connectivity index (χ3v) is 4.35. The number of nitrogens with one attached hydrogen (secondary N) is 1. The molecule has 3 rings (SSSR count). The largest absolute Gasteiger partial charge is 0.356 e. The van der Waals surface area contributed by atoms with Gasteiger partial charge >= 0.3 is 0 Å². The molecule has 0 aliphatic carbocycles. The van der Waals surface area contributed by atoms with Crippen LogP contribution in [-0.4, -0.2) is 29.0 Å². The summed E-state index contributed by atoms with van der Waals surface area (Å²) < 4.78 is 12.9. The van der Waals surface area contributed by atoms with Crippen molar-refractivity contribution in [3.8, 4) is 0 Å². The van der Waals surface area contributed by atoms with Gasteiger partial charge in [0.15, 0.2) is 0 Å². The van der Waals surface area contributed by atoms with Gasteiger partial charge in [0.05, 0.1) is 0 Å². The minimum Gasteiger partial charge on any atom is -0.356 e. The van der Waals surface area contributed by atoms with Crippen LogP contribution in [0.1, 0.15) is 47.6 Å². The van der Waals surface area contributed by atoms with E-state index in [2.05, 4.69) is 20.2 Å². The first-order valence-electron chi connectivity index (χ1n) is 8.75. The summed E-state index contributed by atoms with van der Waals surface area (Å²) in [5.74, 6) is 0.879. The summed E-state index contributed by atoms with van der Waals surface area (Å²) in [4.78, 5) is 23.5. The number of benzene rings is 1. The van der Waals surface area contributed by atoms with Gasteiger partial charge in [0, 0.05) is 25.7 Å². The van der Waals surface area contributed by atoms with E-state index in [4.69, 9.17) is 0 Å². The number of carbonyl (C=O) groups excluding carboxylic acids is 1. The molecule has 6 heteroatoms. The lowest BCUT2D eigenvalue weighted by atomic mass is 10.2. The molecule has 1 N–H and O–H groups in total. The molecule has 0 bridgehead atoms. The Balaban J connectivity index is 1.70. The summed E-state index contributed by atoms with van der Waals surface area (Å²) in [6.07, 6.45) is 4.78. The second-order valence-corrected chi connectivity index (χ2v) is 6.37. The maximum Gasteiger partial charge on any atom is 0.270 e. The summed E-state index contributed by atoms with van der Waals surface area (Å²) >= 11 is 0. The van der Waals surface area contributed by atoms with Crippen LogP contribution in [0.25, 0.3) is 0 Å². The van der Waals surface area contributed by atoms with Crippen LogP contribution >= 0.6 is 0 Å². The SMILES string of the molecule is Cc1nc(C(=O)NCc2ccc(F)cc2)cc(N2CCCCCC2)n1. The van der Waals surface area contributed by atoms with Crippen molar-refractivity contribution in [3.63, 3.8) is 0 Å². The van der Waals surface area contributed by atoms with Crippen molar-refractivity contribution in [3.05, 3.63) is 53.2 Å². The molecular formula is C19H23FN4O. The van der Waals surface area contributed by atoms with Crippen molar-refractivity contribution < 1.29 is 9.18 Å². The highest BCUT2D eigenvalue weighted by Crippen LogP contribution is 2.18. The van der Waals surface area contributed by atoms with Crippen molar-refractivity contribution in [1.29, 1.82) is 0 Å². The molecule has 2 aromatic rings. The maximum absolute atomic E-state index is 12.9. The molecule has 1 fully saturated rings. The lowest BCUT2D eigenvalue weighted by Crippen LogP contribution is -2.28. The average molecular weight is 342 g/mol. The van der Waals surface area contributed by atoms with Gasteiger partial charge in [-0.05, 0) is 37.5 Å². The van der Waals surface area contributed by atoms with E-state index in [1.54, 1.807) is 25.1 Å². The van der Waals surface area contributed by atoms with Crippen molar-refractivity contribution in [2.45, 2.75) is 39.2 Å². The normalized spacial score (nSPS) is 14.9. The predicted octanol–water partition coefficient (Wildman–Crippen LogP) is 3.23. The predicted molar refractivity (Wildman–Crippen MR) is 95.0 cm³/mol. The Bertz CT molecular complexity index is 725. The van der Waals surface area contributed by atoms with Gasteiger partial charge < -0.3 is 10.2 Å². The third-order valence-electron chi connectivity index (χ3n) is 4.35. The maximum atomic E-state index is 12.9. The Hall–Kier alpha value is -2.50. The molecule has 0 atom stereocenters. The summed E-state index contributed by atoms with van der Waals surface area (Å²) in [6, 6.07) is 7.84. The minimum absolute atomic E-state index is 0.245. The van der Waals surface area contributed by atoms with Crippen LogP contribution in [0, 0.1) is 12.7 Å². The van der Waals surface area contributed by atoms with Crippen LogP contribution in [0.4, 0.5) is 10.2 Å². The first-order chi connectivity index (χ1) is 12.1. The summed E-state index contributed by atoms with van der Waals surface area (Å²) in [5, 5.41) is 2.83. The lowest BCUT2D eigenvalue weighted by Gasteiger charge is -2.22. The molecule has 1 aliphatic heterocycles. The van der Waals surface area contributed by atoms with Crippen molar-refractivity contribution in [2.75, 3.05) is 18.0 Å². The Morgan fingerprint density at radius 1 is 1.12 bits per heavy atom. The van der Waals surface area contributed by atoms with Gasteiger partial charge in [0.2, 0.25) is 0 Å². The van der Waals surface area contributed by atoms with Crippen LogP contribution in [0.5, 0.6) is 0 Å². The molecule has 5 nitrogen and oxygen atoms in total. The van der Waals surface area contributed by atoms with Crippen molar-refractivity contribution in [2.24, 2.45) is 0 Å². The van der Waals surface area contributed by atoms with Crippen molar-refractivity contribution >= 4 is 11.7 Å². The topological polar surface area (TPSA) is 58.1 Å². The van der Waals surface area contributed by atoms with Crippen LogP contribution < -0.4 is 10.2 Å². The van der Waals surface area contributed by atoms with Crippen LogP contribution in [-0.2, 0) is 6.54 Å². The molecular weight excluding hydrogens is 319 g/mol. The monoisotopic (exact) mass is 342 g/mol. The molecule has 0 spiro atoms. The number of rotatable bonds is 4. The van der Waals surface area contributed by atoms with E-state index in [1.165, 1.54) is 25.0 Å². The number of hydrogen-bond acceptors (Lipinski definition) is 4. The summed E-state index contributed by atoms with van der Waals surface area (Å²) in [5.41, 5.74) is 1.21. The van der Waals surface area contributed by atoms with Crippen molar-refractivity contribution in [1.82, 2.24) is 15.3 Å². The van der Waals surface area contributed by atoms with E-state index in [0.717, 1.165) is 37.3 Å². The Kier molecular flexibility index (Phi) is 5.58. The average Bonchev–Trinajstić information content (AvgIpc) is 2.90. The second kappa shape index (κ2) is 8.05. The Labute approximate surface area is 147 Å². The number of anilines is 1. The number of hydrogen-bond donors (Lipinski definition) is 1. The molecule has 1 aliphatic rings. The zero-order valence-electron chi connectivity index (χ0n) is 14.5. The highest BCUT2D eigenvalue weighted by Gasteiger charge is 2.16. The number of aromatic nitrogens is 2. The molecule has 132 valence electrons. The molecule has 0 unspecified atom stereocenters. The first kappa shape index (κ1) is 17.3. The highest BCUT2D eigenvalue weighted by molar-refractivity contribution is 5.92. The number of aryl methyl sites for hydroxylation is 1. The number of carbonyl (C=O) groups is 1. The first-order valence-corrected chi connectivity index (χ1v) is 8.75. The molecule has 0 saturated carbocycles. The lowest BCUT2D eigenvalue weighted by molar-refractivity contribution is 0.0945. The van der Waals surface area contributed by atoms with E-state index >= 15 is 0 Å². The van der Waals surface area contributed by atoms with Gasteiger partial charge in [-0.15, -0.1) is 0 Å². The Morgan fingerprint density at radius 3 is 2.48 bits per heavy atom. The molecule has 1 aromatic heterocycles. The van der Waals surface area contributed by atoms with Gasteiger partial charge in [0.25, 0.3) is 5.91 Å². The van der Waals surface area contributed by atoms with Gasteiger partial charge in [-0.3, -0.25) is 4.79 Å². The zero-order valence-corrected chi connectivity index (χ0v) is 14.5. The third kappa shape index (κ3) is 4.75. The van der Waals surface area contributed by atoms with Crippen LogP contribution in [0.3, 0.4) is 0 Å². The van der Waals surface area contributed by atoms with Gasteiger partial charge in [0.1, 0.15) is 23.2 Å². The molecule has 1 amide bonds. The van der Waals surface area contributed by atoms with E-state index in [1.807, 2.05) is 0 Å². The fourth-order valence-corrected chi connectivity index (χ4v) is 3.01. The summed E-state index contributed by atoms with van der Waals surface area (Å²) in [6.45, 7) is 4.07. The van der Waals surface area contributed by atoms with Gasteiger partial charge in [-0.2, -0.15) is 0 Å². The number of amides is 1. The fourth-order valence-electron chi connectivity index (χ4n) is 3.01. The fraction of sp³-hybridized carbons (Fsp3) is 0.421. The number of halogens is 1. The minimum atomic E-state index is -0.288. The van der Waals surface area contributed by atoms with Gasteiger partial charge in [-0.1, -0.05) is 25.0 Å². The summed E-state index contributed by atoms with van der Waals surface area (Å²) in [7, 11) is 0. The van der Waals surface area contributed by atoms with Crippen LogP contribution in [0.15, 0.2) is 30.3 Å². The van der Waals surface area contributed by atoms with E-state index in [-0.39, 0.29) is 11.7 Å². The highest BCUT2D eigenvalue weighted by atomic mass is 19.1. The smallest absolute Gasteiger partial charge is 0.270 e. The Morgan fingerprint density at radius 2 is 1.80 bits per heavy atom. The molecule has 2 heterocycles. The standard InChI is InChI=1S/C19H23FN4O/c1-14-22-17(12-18(23-14)24-10-4-2-3-5-11-24)19(25)21-13-15-6-8-16(20)9-7-15/h6-9,12H,2-5,10-11,13H2,1H3,(H,21,25). The molecule has 1 aromatic carbocycles. The van der Waals surface area contributed by atoms with E-state index in [0.29, 0.717) is 18.1 Å². The van der Waals surface area contributed by atoms with E-state index in [9.17, 15) is 9.18 Å². The second-order valence-electron chi connectivity index (χ2n) is 6.37. The molecule has 1 saturated heterocycles. The molecule has 0 radical (unpaired) electrons. The van der Waals surface area contributed by atoms with Crippen LogP contribution in [0.2, 0.25) is 0 Å².